The van der Waals surface area contributed by atoms with Gasteiger partial charge in [-0.1, -0.05) is 32.0 Å². The van der Waals surface area contributed by atoms with Gasteiger partial charge in [0, 0.05) is 30.9 Å². The van der Waals surface area contributed by atoms with Crippen molar-refractivity contribution in [2.24, 2.45) is 5.92 Å². The second-order valence-electron chi connectivity index (χ2n) is 7.48. The first kappa shape index (κ1) is 21.1. The fourth-order valence-electron chi connectivity index (χ4n) is 3.26. The zero-order chi connectivity index (χ0) is 21.8. The molecule has 3 amide bonds. The van der Waals surface area contributed by atoms with Crippen molar-refractivity contribution in [2.45, 2.75) is 20.8 Å². The van der Waals surface area contributed by atoms with E-state index in [1.165, 1.54) is 11.8 Å². The number of hydrogen-bond acceptors (Lipinski definition) is 5. The van der Waals surface area contributed by atoms with Crippen LogP contribution >= 0.6 is 0 Å². The van der Waals surface area contributed by atoms with Gasteiger partial charge in [0.05, 0.1) is 12.7 Å². The maximum atomic E-state index is 13.2. The van der Waals surface area contributed by atoms with E-state index >= 15 is 0 Å². The Balaban J connectivity index is 2.02. The van der Waals surface area contributed by atoms with E-state index in [2.05, 4.69) is 10.6 Å². The van der Waals surface area contributed by atoms with Gasteiger partial charge in [-0.05, 0) is 35.7 Å². The minimum atomic E-state index is -0.363. The molecule has 1 heterocycles. The summed E-state index contributed by atoms with van der Waals surface area (Å²) < 4.78 is 5.24. The molecule has 0 fully saturated rings. The summed E-state index contributed by atoms with van der Waals surface area (Å²) in [6.45, 7) is 5.66. The molecule has 156 valence electrons. The SMILES string of the molecule is COc1cccc(NC2=C(c3ccc(NC(C)=O)cc3)C(=O)N(CC(C)C)C2=O)c1. The first-order valence-corrected chi connectivity index (χ1v) is 9.69. The maximum Gasteiger partial charge on any atom is 0.278 e. The molecule has 0 atom stereocenters. The van der Waals surface area contributed by atoms with Crippen molar-refractivity contribution in [3.05, 3.63) is 59.8 Å². The van der Waals surface area contributed by atoms with Crippen molar-refractivity contribution < 1.29 is 19.1 Å². The Morgan fingerprint density at radius 2 is 1.73 bits per heavy atom. The summed E-state index contributed by atoms with van der Waals surface area (Å²) in [6, 6.07) is 14.0. The molecule has 0 aromatic heterocycles. The number of ether oxygens (including phenoxy) is 1. The van der Waals surface area contributed by atoms with Gasteiger partial charge in [-0.3, -0.25) is 19.3 Å². The summed E-state index contributed by atoms with van der Waals surface area (Å²) in [4.78, 5) is 38.8. The lowest BCUT2D eigenvalue weighted by Gasteiger charge is -2.17. The fraction of sp³-hybridized carbons (Fsp3) is 0.261. The van der Waals surface area contributed by atoms with Gasteiger partial charge in [0.2, 0.25) is 5.91 Å². The van der Waals surface area contributed by atoms with Crippen LogP contribution < -0.4 is 15.4 Å². The molecule has 0 spiro atoms. The van der Waals surface area contributed by atoms with Gasteiger partial charge in [0.1, 0.15) is 11.4 Å². The maximum absolute atomic E-state index is 13.2. The number of nitrogens with one attached hydrogen (secondary N) is 2. The minimum Gasteiger partial charge on any atom is -0.497 e. The molecule has 1 aliphatic heterocycles. The number of methoxy groups -OCH3 is 1. The average Bonchev–Trinajstić information content (AvgIpc) is 2.92. The summed E-state index contributed by atoms with van der Waals surface area (Å²) >= 11 is 0. The number of amides is 3. The van der Waals surface area contributed by atoms with E-state index in [1.54, 1.807) is 55.6 Å². The highest BCUT2D eigenvalue weighted by Gasteiger charge is 2.39. The summed E-state index contributed by atoms with van der Waals surface area (Å²) in [5, 5.41) is 5.81. The van der Waals surface area contributed by atoms with E-state index in [0.717, 1.165) is 0 Å². The molecule has 1 aliphatic rings. The van der Waals surface area contributed by atoms with Crippen molar-refractivity contribution in [1.82, 2.24) is 4.90 Å². The molecule has 0 aliphatic carbocycles. The van der Waals surface area contributed by atoms with Crippen LogP contribution in [-0.2, 0) is 14.4 Å². The third-order valence-corrected chi connectivity index (χ3v) is 4.55. The van der Waals surface area contributed by atoms with Gasteiger partial charge in [-0.2, -0.15) is 0 Å². The van der Waals surface area contributed by atoms with E-state index in [4.69, 9.17) is 4.74 Å². The van der Waals surface area contributed by atoms with Crippen molar-refractivity contribution in [2.75, 3.05) is 24.3 Å². The molecule has 3 rings (SSSR count). The summed E-state index contributed by atoms with van der Waals surface area (Å²) in [7, 11) is 1.56. The predicted molar refractivity (Wildman–Crippen MR) is 116 cm³/mol. The molecule has 0 saturated carbocycles. The number of anilines is 2. The summed E-state index contributed by atoms with van der Waals surface area (Å²) in [5.74, 6) is -0.114. The van der Waals surface area contributed by atoms with E-state index in [0.29, 0.717) is 34.8 Å². The van der Waals surface area contributed by atoms with Crippen LogP contribution in [0.3, 0.4) is 0 Å². The first-order chi connectivity index (χ1) is 14.3. The van der Waals surface area contributed by atoms with Crippen molar-refractivity contribution >= 4 is 34.7 Å². The standard InChI is InChI=1S/C23H25N3O4/c1-14(2)13-26-22(28)20(16-8-10-17(11-9-16)24-15(3)27)21(23(26)29)25-18-6-5-7-19(12-18)30-4/h5-12,14,25H,13H2,1-4H3,(H,24,27). The minimum absolute atomic E-state index is 0.137. The number of carbonyl (C=O) groups is 3. The number of imide groups is 1. The Morgan fingerprint density at radius 1 is 1.03 bits per heavy atom. The molecule has 0 saturated heterocycles. The van der Waals surface area contributed by atoms with Crippen LogP contribution in [0.1, 0.15) is 26.3 Å². The lowest BCUT2D eigenvalue weighted by Crippen LogP contribution is -2.35. The molecule has 30 heavy (non-hydrogen) atoms. The average molecular weight is 407 g/mol. The molecule has 2 aromatic rings. The van der Waals surface area contributed by atoms with Gasteiger partial charge >= 0.3 is 0 Å². The molecular weight excluding hydrogens is 382 g/mol. The van der Waals surface area contributed by atoms with Gasteiger partial charge < -0.3 is 15.4 Å². The predicted octanol–water partition coefficient (Wildman–Crippen LogP) is 3.50. The van der Waals surface area contributed by atoms with Crippen LogP contribution in [0, 0.1) is 5.92 Å². The largest absolute Gasteiger partial charge is 0.497 e. The quantitative estimate of drug-likeness (QED) is 0.686. The van der Waals surface area contributed by atoms with E-state index < -0.39 is 0 Å². The van der Waals surface area contributed by atoms with Crippen LogP contribution in [0.4, 0.5) is 11.4 Å². The molecule has 2 aromatic carbocycles. The van der Waals surface area contributed by atoms with Crippen LogP contribution in [0.25, 0.3) is 5.57 Å². The number of benzene rings is 2. The third kappa shape index (κ3) is 4.51. The van der Waals surface area contributed by atoms with Crippen molar-refractivity contribution in [1.29, 1.82) is 0 Å². The Kier molecular flexibility index (Phi) is 6.20. The third-order valence-electron chi connectivity index (χ3n) is 4.55. The van der Waals surface area contributed by atoms with E-state index in [1.807, 2.05) is 13.8 Å². The zero-order valence-corrected chi connectivity index (χ0v) is 17.5. The van der Waals surface area contributed by atoms with E-state index in [-0.39, 0.29) is 29.3 Å². The topological polar surface area (TPSA) is 87.7 Å². The smallest absolute Gasteiger partial charge is 0.278 e. The van der Waals surface area contributed by atoms with Crippen molar-refractivity contribution in [3.63, 3.8) is 0 Å². The summed E-state index contributed by atoms with van der Waals surface area (Å²) in [5.41, 5.74) is 2.38. The van der Waals surface area contributed by atoms with Crippen molar-refractivity contribution in [3.8, 4) is 5.75 Å². The molecule has 7 nitrogen and oxygen atoms in total. The number of carbonyl (C=O) groups excluding carboxylic acids is 3. The Morgan fingerprint density at radius 3 is 2.33 bits per heavy atom. The Bertz CT molecular complexity index is 1010. The molecule has 2 N–H and O–H groups in total. The van der Waals surface area contributed by atoms with Crippen LogP contribution in [0.5, 0.6) is 5.75 Å². The fourth-order valence-corrected chi connectivity index (χ4v) is 3.26. The number of nitrogens with zero attached hydrogens (tertiary/aromatic N) is 1. The van der Waals surface area contributed by atoms with Gasteiger partial charge in [0.25, 0.3) is 11.8 Å². The Hall–Kier alpha value is -3.61. The first-order valence-electron chi connectivity index (χ1n) is 9.69. The van der Waals surface area contributed by atoms with Crippen LogP contribution in [0.2, 0.25) is 0 Å². The number of hydrogen-bond donors (Lipinski definition) is 2. The lowest BCUT2D eigenvalue weighted by molar-refractivity contribution is -0.137. The van der Waals surface area contributed by atoms with Gasteiger partial charge in [-0.15, -0.1) is 0 Å². The van der Waals surface area contributed by atoms with Gasteiger partial charge in [-0.25, -0.2) is 0 Å². The van der Waals surface area contributed by atoms with Gasteiger partial charge in [0.15, 0.2) is 0 Å². The Labute approximate surface area is 175 Å². The number of rotatable bonds is 7. The van der Waals surface area contributed by atoms with E-state index in [9.17, 15) is 14.4 Å². The molecule has 7 heteroatoms. The molecule has 0 unspecified atom stereocenters. The highest BCUT2D eigenvalue weighted by Crippen LogP contribution is 2.32. The van der Waals surface area contributed by atoms with Crippen LogP contribution in [0.15, 0.2) is 54.2 Å². The second kappa shape index (κ2) is 8.82. The highest BCUT2D eigenvalue weighted by molar-refractivity contribution is 6.36. The molecular formula is C23H25N3O4. The normalized spacial score (nSPS) is 13.8. The lowest BCUT2D eigenvalue weighted by atomic mass is 10.0. The molecule has 0 bridgehead atoms. The second-order valence-corrected chi connectivity index (χ2v) is 7.48. The monoisotopic (exact) mass is 407 g/mol. The van der Waals surface area contributed by atoms with Crippen LogP contribution in [-0.4, -0.2) is 36.3 Å². The molecule has 0 radical (unpaired) electrons. The highest BCUT2D eigenvalue weighted by atomic mass is 16.5. The zero-order valence-electron chi connectivity index (χ0n) is 17.5. The summed E-state index contributed by atoms with van der Waals surface area (Å²) in [6.07, 6.45) is 0.